The van der Waals surface area contributed by atoms with E-state index in [-0.39, 0.29) is 96.4 Å². The van der Waals surface area contributed by atoms with Crippen molar-refractivity contribution in [1.82, 2.24) is 0 Å². The standard InChI is InChI=1S/C10H14O5.2Na.2H/c1-7(11)3-5-9(13)15-10(14)6-4-8(2)12;;;;/h3-6H2,1-2H3;;;;. The van der Waals surface area contributed by atoms with Gasteiger partial charge in [-0.15, -0.1) is 0 Å². The summed E-state index contributed by atoms with van der Waals surface area (Å²) in [4.78, 5) is 42.9. The zero-order valence-corrected chi connectivity index (χ0v) is 8.87. The molecule has 0 spiro atoms. The van der Waals surface area contributed by atoms with E-state index in [9.17, 15) is 19.2 Å². The summed E-state index contributed by atoms with van der Waals surface area (Å²) in [7, 11) is 0. The van der Waals surface area contributed by atoms with Gasteiger partial charge in [0.1, 0.15) is 11.6 Å². The molecule has 0 rings (SSSR count). The summed E-state index contributed by atoms with van der Waals surface area (Å²) in [6, 6.07) is 0. The number of hydrogen-bond donors (Lipinski definition) is 0. The Hall–Kier alpha value is 0.480. The fourth-order valence-electron chi connectivity index (χ4n) is 0.785. The van der Waals surface area contributed by atoms with Gasteiger partial charge in [-0.25, -0.2) is 0 Å². The molecule has 0 aromatic heterocycles. The van der Waals surface area contributed by atoms with Crippen LogP contribution in [-0.4, -0.2) is 82.6 Å². The zero-order chi connectivity index (χ0) is 11.8. The van der Waals surface area contributed by atoms with Crippen LogP contribution in [0.5, 0.6) is 0 Å². The normalized spacial score (nSPS) is 8.35. The predicted molar refractivity (Wildman–Crippen MR) is 65.2 cm³/mol. The second kappa shape index (κ2) is 12.9. The molecule has 88 valence electrons. The van der Waals surface area contributed by atoms with Crippen molar-refractivity contribution in [1.29, 1.82) is 0 Å². The minimum absolute atomic E-state index is 0. The van der Waals surface area contributed by atoms with Crippen molar-refractivity contribution in [2.24, 2.45) is 0 Å². The molecule has 5 nitrogen and oxygen atoms in total. The van der Waals surface area contributed by atoms with Crippen LogP contribution in [0.15, 0.2) is 0 Å². The van der Waals surface area contributed by atoms with Gasteiger partial charge in [0, 0.05) is 12.8 Å². The SMILES string of the molecule is CC(=O)CCC(=O)OC(=O)CCC(C)=O.[NaH].[NaH]. The summed E-state index contributed by atoms with van der Waals surface area (Å²) < 4.78 is 4.37. The zero-order valence-electron chi connectivity index (χ0n) is 8.87. The van der Waals surface area contributed by atoms with E-state index >= 15 is 0 Å². The van der Waals surface area contributed by atoms with E-state index in [2.05, 4.69) is 4.74 Å². The number of rotatable bonds is 6. The van der Waals surface area contributed by atoms with E-state index in [4.69, 9.17) is 0 Å². The van der Waals surface area contributed by atoms with Crippen LogP contribution >= 0.6 is 0 Å². The number of ketones is 2. The van der Waals surface area contributed by atoms with Crippen LogP contribution in [0, 0.1) is 0 Å². The number of hydrogen-bond acceptors (Lipinski definition) is 5. The van der Waals surface area contributed by atoms with Crippen LogP contribution in [-0.2, 0) is 23.9 Å². The third kappa shape index (κ3) is 16.5. The second-order valence-electron chi connectivity index (χ2n) is 3.25. The second-order valence-corrected chi connectivity index (χ2v) is 3.25. The van der Waals surface area contributed by atoms with Crippen molar-refractivity contribution in [3.05, 3.63) is 0 Å². The predicted octanol–water partition coefficient (Wildman–Crippen LogP) is -0.502. The summed E-state index contributed by atoms with van der Waals surface area (Å²) in [5.74, 6) is -1.72. The number of carbonyl (C=O) groups is 4. The van der Waals surface area contributed by atoms with Gasteiger partial charge in [0.05, 0.1) is 12.8 Å². The molecule has 0 radical (unpaired) electrons. The van der Waals surface area contributed by atoms with Gasteiger partial charge in [-0.05, 0) is 13.8 Å². The molecule has 0 fully saturated rings. The number of esters is 2. The first kappa shape index (κ1) is 22.6. The number of carbonyl (C=O) groups excluding carboxylic acids is 4. The molecule has 0 saturated carbocycles. The molecule has 0 atom stereocenters. The molecular weight excluding hydrogens is 246 g/mol. The fraction of sp³-hybridized carbons (Fsp3) is 0.600. The molecule has 0 aliphatic heterocycles. The summed E-state index contributed by atoms with van der Waals surface area (Å²) in [6.07, 6.45) is -0.0556. The molecule has 17 heavy (non-hydrogen) atoms. The first-order valence-corrected chi connectivity index (χ1v) is 4.64. The first-order chi connectivity index (χ1) is 6.91. The Morgan fingerprint density at radius 3 is 1.24 bits per heavy atom. The van der Waals surface area contributed by atoms with Crippen molar-refractivity contribution in [3.8, 4) is 0 Å². The van der Waals surface area contributed by atoms with Crippen molar-refractivity contribution >= 4 is 82.6 Å². The summed E-state index contributed by atoms with van der Waals surface area (Å²) in [6.45, 7) is 2.70. The van der Waals surface area contributed by atoms with Crippen molar-refractivity contribution in [2.75, 3.05) is 0 Å². The van der Waals surface area contributed by atoms with Gasteiger partial charge in [-0.2, -0.15) is 0 Å². The quantitative estimate of drug-likeness (QED) is 0.366. The maximum atomic E-state index is 10.9. The molecule has 0 aromatic carbocycles. The van der Waals surface area contributed by atoms with Crippen LogP contribution in [0.4, 0.5) is 0 Å². The fourth-order valence-corrected chi connectivity index (χ4v) is 0.785. The van der Waals surface area contributed by atoms with Crippen LogP contribution in [0.25, 0.3) is 0 Å². The van der Waals surface area contributed by atoms with Gasteiger partial charge in [-0.3, -0.25) is 9.59 Å². The van der Waals surface area contributed by atoms with E-state index in [1.807, 2.05) is 0 Å². The van der Waals surface area contributed by atoms with Crippen molar-refractivity contribution in [2.45, 2.75) is 39.5 Å². The Kier molecular flexibility index (Phi) is 17.2. The molecule has 7 heteroatoms. The molecule has 0 bridgehead atoms. The maximum absolute atomic E-state index is 10.9. The van der Waals surface area contributed by atoms with Crippen molar-refractivity contribution < 1.29 is 23.9 Å². The van der Waals surface area contributed by atoms with Crippen molar-refractivity contribution in [3.63, 3.8) is 0 Å². The summed E-state index contributed by atoms with van der Waals surface area (Å²) in [5.41, 5.74) is 0. The molecule has 0 N–H and O–H groups in total. The molecule has 0 amide bonds. The molecular formula is C10H16Na2O5. The van der Waals surface area contributed by atoms with Crippen LogP contribution in [0.1, 0.15) is 39.5 Å². The molecule has 0 aliphatic carbocycles. The third-order valence-corrected chi connectivity index (χ3v) is 1.59. The van der Waals surface area contributed by atoms with Crippen LogP contribution < -0.4 is 0 Å². The van der Waals surface area contributed by atoms with E-state index in [1.165, 1.54) is 13.8 Å². The van der Waals surface area contributed by atoms with Crippen LogP contribution in [0.2, 0.25) is 0 Å². The molecule has 0 aliphatic rings. The third-order valence-electron chi connectivity index (χ3n) is 1.59. The topological polar surface area (TPSA) is 77.5 Å². The monoisotopic (exact) mass is 262 g/mol. The average Bonchev–Trinajstić information content (AvgIpc) is 2.11. The van der Waals surface area contributed by atoms with E-state index in [0.29, 0.717) is 0 Å². The Bertz CT molecular complexity index is 260. The Morgan fingerprint density at radius 1 is 0.706 bits per heavy atom. The summed E-state index contributed by atoms with van der Waals surface area (Å²) in [5, 5.41) is 0. The Morgan fingerprint density at radius 2 is 1.00 bits per heavy atom. The minimum atomic E-state index is -0.723. The van der Waals surface area contributed by atoms with Gasteiger partial charge in [-0.1, -0.05) is 0 Å². The molecule has 0 aromatic rings. The van der Waals surface area contributed by atoms with Gasteiger partial charge in [0.2, 0.25) is 0 Å². The summed E-state index contributed by atoms with van der Waals surface area (Å²) >= 11 is 0. The van der Waals surface area contributed by atoms with Gasteiger partial charge in [0.15, 0.2) is 0 Å². The van der Waals surface area contributed by atoms with E-state index in [1.54, 1.807) is 0 Å². The molecule has 0 saturated heterocycles. The Balaban J connectivity index is -0.000000980. The van der Waals surface area contributed by atoms with E-state index < -0.39 is 11.9 Å². The van der Waals surface area contributed by atoms with Gasteiger partial charge >= 0.3 is 71.1 Å². The van der Waals surface area contributed by atoms with Crippen LogP contribution in [0.3, 0.4) is 0 Å². The average molecular weight is 262 g/mol. The van der Waals surface area contributed by atoms with Gasteiger partial charge in [0.25, 0.3) is 0 Å². The Labute approximate surface area is 145 Å². The number of ether oxygens (including phenoxy) is 1. The number of Topliss-reactive ketones (excluding diaryl/α,β-unsaturated/α-hetero) is 2. The first-order valence-electron chi connectivity index (χ1n) is 4.64. The van der Waals surface area contributed by atoms with Gasteiger partial charge < -0.3 is 14.3 Å². The molecule has 0 heterocycles. The molecule has 0 unspecified atom stereocenters. The van der Waals surface area contributed by atoms with E-state index in [0.717, 1.165) is 0 Å².